The number of rotatable bonds is 8. The third-order valence-corrected chi connectivity index (χ3v) is 3.52. The molecular weight excluding hydrogens is 248 g/mol. The Balaban J connectivity index is 2.47. The van der Waals surface area contributed by atoms with Crippen LogP contribution >= 0.6 is 0 Å². The molecule has 0 spiro atoms. The molecule has 20 heavy (non-hydrogen) atoms. The first kappa shape index (κ1) is 16.6. The fourth-order valence-corrected chi connectivity index (χ4v) is 2.14. The second kappa shape index (κ2) is 8.01. The van der Waals surface area contributed by atoms with Gasteiger partial charge in [-0.2, -0.15) is 5.26 Å². The fourth-order valence-electron chi connectivity index (χ4n) is 2.14. The molecule has 0 bridgehead atoms. The molecular formula is C16H26N4. The van der Waals surface area contributed by atoms with Gasteiger partial charge in [0, 0.05) is 6.54 Å². The molecule has 2 N–H and O–H groups in total. The fraction of sp³-hybridized carbons (Fsp3) is 0.562. The lowest BCUT2D eigenvalue weighted by atomic mass is 9.89. The van der Waals surface area contributed by atoms with E-state index >= 15 is 0 Å². The van der Waals surface area contributed by atoms with E-state index in [0.29, 0.717) is 6.42 Å². The molecule has 0 aliphatic carbocycles. The normalized spacial score (nSPS) is 14.2. The van der Waals surface area contributed by atoms with Gasteiger partial charge in [0.2, 0.25) is 0 Å². The van der Waals surface area contributed by atoms with E-state index in [1.54, 1.807) is 0 Å². The van der Waals surface area contributed by atoms with E-state index in [4.69, 9.17) is 5.73 Å². The summed E-state index contributed by atoms with van der Waals surface area (Å²) in [6, 6.07) is 11.9. The lowest BCUT2D eigenvalue weighted by molar-refractivity contribution is 0.280. The Morgan fingerprint density at radius 3 is 2.30 bits per heavy atom. The van der Waals surface area contributed by atoms with Gasteiger partial charge in [-0.15, -0.1) is 0 Å². The Kier molecular flexibility index (Phi) is 6.66. The molecule has 0 amide bonds. The van der Waals surface area contributed by atoms with Crippen molar-refractivity contribution in [3.8, 4) is 6.07 Å². The van der Waals surface area contributed by atoms with Gasteiger partial charge in [-0.1, -0.05) is 30.3 Å². The molecule has 0 radical (unpaired) electrons. The van der Waals surface area contributed by atoms with Gasteiger partial charge in [0.25, 0.3) is 0 Å². The van der Waals surface area contributed by atoms with Gasteiger partial charge >= 0.3 is 0 Å². The molecule has 0 fully saturated rings. The largest absolute Gasteiger partial charge is 0.310 e. The molecule has 0 saturated carbocycles. The predicted octanol–water partition coefficient (Wildman–Crippen LogP) is 1.64. The van der Waals surface area contributed by atoms with E-state index in [-0.39, 0.29) is 0 Å². The Bertz CT molecular complexity index is 424. The number of nitriles is 1. The summed E-state index contributed by atoms with van der Waals surface area (Å²) in [6.45, 7) is 2.93. The topological polar surface area (TPSA) is 56.3 Å². The van der Waals surface area contributed by atoms with E-state index < -0.39 is 5.54 Å². The summed E-state index contributed by atoms with van der Waals surface area (Å²) < 4.78 is 0. The summed E-state index contributed by atoms with van der Waals surface area (Å²) in [5.74, 6) is 0. The maximum atomic E-state index is 9.40. The van der Waals surface area contributed by atoms with Gasteiger partial charge in [0.05, 0.1) is 6.07 Å². The molecule has 1 rings (SSSR count). The van der Waals surface area contributed by atoms with Gasteiger partial charge < -0.3 is 15.5 Å². The number of nitrogens with zero attached hydrogens (tertiary/aromatic N) is 3. The van der Waals surface area contributed by atoms with Crippen molar-refractivity contribution in [3.63, 3.8) is 0 Å². The van der Waals surface area contributed by atoms with Crippen LogP contribution in [0.4, 0.5) is 0 Å². The highest BCUT2D eigenvalue weighted by Crippen LogP contribution is 2.21. The lowest BCUT2D eigenvalue weighted by Crippen LogP contribution is -2.39. The molecule has 0 aliphatic heterocycles. The molecule has 1 atom stereocenters. The van der Waals surface area contributed by atoms with Crippen LogP contribution in [0.3, 0.4) is 0 Å². The first-order valence-electron chi connectivity index (χ1n) is 7.07. The summed E-state index contributed by atoms with van der Waals surface area (Å²) in [6.07, 6.45) is 1.77. The zero-order valence-electron chi connectivity index (χ0n) is 12.8. The molecule has 1 unspecified atom stereocenters. The SMILES string of the molecule is CN(C)CCCN(C)CCC(N)(C#N)c1ccccc1. The van der Waals surface area contributed by atoms with Gasteiger partial charge in [-0.25, -0.2) is 0 Å². The van der Waals surface area contributed by atoms with Crippen LogP contribution in [-0.4, -0.2) is 50.6 Å². The molecule has 110 valence electrons. The minimum absolute atomic E-state index is 0.645. The Morgan fingerprint density at radius 1 is 1.10 bits per heavy atom. The van der Waals surface area contributed by atoms with Crippen LogP contribution in [0, 0.1) is 11.3 Å². The van der Waals surface area contributed by atoms with Gasteiger partial charge in [0.15, 0.2) is 0 Å². The van der Waals surface area contributed by atoms with E-state index in [0.717, 1.165) is 31.6 Å². The first-order valence-corrected chi connectivity index (χ1v) is 7.07. The van der Waals surface area contributed by atoms with Crippen LogP contribution < -0.4 is 5.73 Å². The lowest BCUT2D eigenvalue weighted by Gasteiger charge is -2.25. The van der Waals surface area contributed by atoms with Crippen molar-refractivity contribution in [2.75, 3.05) is 40.8 Å². The first-order chi connectivity index (χ1) is 9.48. The van der Waals surface area contributed by atoms with Crippen molar-refractivity contribution in [1.29, 1.82) is 5.26 Å². The number of hydrogen-bond donors (Lipinski definition) is 1. The predicted molar refractivity (Wildman–Crippen MR) is 83.2 cm³/mol. The molecule has 1 aromatic rings. The molecule has 0 aliphatic rings. The zero-order valence-corrected chi connectivity index (χ0v) is 12.8. The van der Waals surface area contributed by atoms with Crippen molar-refractivity contribution in [2.24, 2.45) is 5.73 Å². The summed E-state index contributed by atoms with van der Waals surface area (Å²) in [7, 11) is 6.24. The standard InChI is InChI=1S/C16H26N4/c1-19(2)11-7-12-20(3)13-10-16(18,14-17)15-8-5-4-6-9-15/h4-6,8-9H,7,10-13,18H2,1-3H3. The average molecular weight is 274 g/mol. The second-order valence-electron chi connectivity index (χ2n) is 5.66. The smallest absolute Gasteiger partial charge is 0.131 e. The van der Waals surface area contributed by atoms with E-state index in [2.05, 4.69) is 37.0 Å². The molecule has 4 heteroatoms. The Labute approximate surface area is 122 Å². The third-order valence-electron chi connectivity index (χ3n) is 3.52. The molecule has 4 nitrogen and oxygen atoms in total. The van der Waals surface area contributed by atoms with Gasteiger partial charge in [-0.05, 0) is 52.6 Å². The summed E-state index contributed by atoms with van der Waals surface area (Å²) >= 11 is 0. The van der Waals surface area contributed by atoms with E-state index in [1.807, 2.05) is 30.3 Å². The van der Waals surface area contributed by atoms with Crippen molar-refractivity contribution in [3.05, 3.63) is 35.9 Å². The highest BCUT2D eigenvalue weighted by atomic mass is 15.1. The summed E-state index contributed by atoms with van der Waals surface area (Å²) in [4.78, 5) is 4.42. The van der Waals surface area contributed by atoms with Crippen LogP contribution in [-0.2, 0) is 5.54 Å². The van der Waals surface area contributed by atoms with Crippen LogP contribution in [0.25, 0.3) is 0 Å². The minimum Gasteiger partial charge on any atom is -0.310 e. The van der Waals surface area contributed by atoms with Crippen LogP contribution in [0.2, 0.25) is 0 Å². The zero-order chi connectivity index (χ0) is 15.0. The molecule has 0 heterocycles. The van der Waals surface area contributed by atoms with Gasteiger partial charge in [0.1, 0.15) is 5.54 Å². The monoisotopic (exact) mass is 274 g/mol. The van der Waals surface area contributed by atoms with Crippen LogP contribution in [0.5, 0.6) is 0 Å². The van der Waals surface area contributed by atoms with Crippen molar-refractivity contribution < 1.29 is 0 Å². The number of hydrogen-bond acceptors (Lipinski definition) is 4. The van der Waals surface area contributed by atoms with E-state index in [9.17, 15) is 5.26 Å². The minimum atomic E-state index is -0.892. The van der Waals surface area contributed by atoms with E-state index in [1.165, 1.54) is 0 Å². The molecule has 1 aromatic carbocycles. The number of nitrogens with two attached hydrogens (primary N) is 1. The number of benzene rings is 1. The summed E-state index contributed by atoms with van der Waals surface area (Å²) in [5.41, 5.74) is 6.25. The average Bonchev–Trinajstić information content (AvgIpc) is 2.45. The van der Waals surface area contributed by atoms with Crippen molar-refractivity contribution in [1.82, 2.24) is 9.80 Å². The summed E-state index contributed by atoms with van der Waals surface area (Å²) in [5, 5.41) is 9.40. The Morgan fingerprint density at radius 2 is 1.75 bits per heavy atom. The van der Waals surface area contributed by atoms with Crippen molar-refractivity contribution in [2.45, 2.75) is 18.4 Å². The highest BCUT2D eigenvalue weighted by molar-refractivity contribution is 5.30. The second-order valence-corrected chi connectivity index (χ2v) is 5.66. The molecule has 0 aromatic heterocycles. The Hall–Kier alpha value is -1.41. The van der Waals surface area contributed by atoms with Gasteiger partial charge in [-0.3, -0.25) is 0 Å². The molecule has 0 saturated heterocycles. The third kappa shape index (κ3) is 5.30. The highest BCUT2D eigenvalue weighted by Gasteiger charge is 2.26. The maximum Gasteiger partial charge on any atom is 0.131 e. The van der Waals surface area contributed by atoms with Crippen molar-refractivity contribution >= 4 is 0 Å². The maximum absolute atomic E-state index is 9.40. The van der Waals surface area contributed by atoms with Crippen LogP contribution in [0.15, 0.2) is 30.3 Å². The quantitative estimate of drug-likeness (QED) is 0.783. The van der Waals surface area contributed by atoms with Crippen LogP contribution in [0.1, 0.15) is 18.4 Å².